The van der Waals surface area contributed by atoms with Crippen molar-refractivity contribution in [2.24, 2.45) is 0 Å². The van der Waals surface area contributed by atoms with Gasteiger partial charge >= 0.3 is 0 Å². The molecule has 2 aromatic carbocycles. The fraction of sp³-hybridized carbons (Fsp3) is 0.316. The standard InChI is InChI=1S/C19H23ClN2O3S/c1-5-13(2)14-6-8-15(9-7-14)21-19(23)17-12-16(10-11-18(17)20)26(24,25)22(3)4/h6-13H,5H2,1-4H3,(H,21,23)/t13-/m0/s1. The first-order valence-electron chi connectivity index (χ1n) is 8.30. The maximum atomic E-state index is 12.6. The van der Waals surface area contributed by atoms with E-state index in [1.54, 1.807) is 0 Å². The van der Waals surface area contributed by atoms with Crippen molar-refractivity contribution in [2.45, 2.75) is 31.1 Å². The van der Waals surface area contributed by atoms with Crippen LogP contribution in [0.1, 0.15) is 42.1 Å². The molecule has 0 saturated carbocycles. The molecule has 0 aromatic heterocycles. The maximum Gasteiger partial charge on any atom is 0.257 e. The molecule has 7 heteroatoms. The van der Waals surface area contributed by atoms with Crippen LogP contribution in [0.3, 0.4) is 0 Å². The zero-order valence-electron chi connectivity index (χ0n) is 15.3. The summed E-state index contributed by atoms with van der Waals surface area (Å²) in [5.41, 5.74) is 1.93. The van der Waals surface area contributed by atoms with Crippen LogP contribution in [0, 0.1) is 0 Å². The first-order valence-corrected chi connectivity index (χ1v) is 10.1. The number of rotatable bonds is 6. The smallest absolute Gasteiger partial charge is 0.257 e. The fourth-order valence-corrected chi connectivity index (χ4v) is 3.51. The fourth-order valence-electron chi connectivity index (χ4n) is 2.38. The number of nitrogens with one attached hydrogen (secondary N) is 1. The minimum absolute atomic E-state index is 0.0177. The van der Waals surface area contributed by atoms with Crippen molar-refractivity contribution < 1.29 is 13.2 Å². The van der Waals surface area contributed by atoms with Crippen molar-refractivity contribution >= 4 is 33.2 Å². The monoisotopic (exact) mass is 394 g/mol. The third kappa shape index (κ3) is 4.44. The summed E-state index contributed by atoms with van der Waals surface area (Å²) in [6, 6.07) is 11.7. The minimum Gasteiger partial charge on any atom is -0.322 e. The van der Waals surface area contributed by atoms with E-state index in [0.29, 0.717) is 11.6 Å². The van der Waals surface area contributed by atoms with E-state index in [9.17, 15) is 13.2 Å². The molecule has 26 heavy (non-hydrogen) atoms. The van der Waals surface area contributed by atoms with Gasteiger partial charge in [-0.2, -0.15) is 0 Å². The highest BCUT2D eigenvalue weighted by atomic mass is 35.5. The van der Waals surface area contributed by atoms with Crippen LogP contribution in [-0.4, -0.2) is 32.7 Å². The Kier molecular flexibility index (Phi) is 6.44. The first-order chi connectivity index (χ1) is 12.2. The Labute approximate surface area is 160 Å². The number of nitrogens with zero attached hydrogens (tertiary/aromatic N) is 1. The van der Waals surface area contributed by atoms with Gasteiger partial charge in [-0.3, -0.25) is 4.79 Å². The Balaban J connectivity index is 2.27. The van der Waals surface area contributed by atoms with Crippen molar-refractivity contribution in [1.29, 1.82) is 0 Å². The normalized spacial score (nSPS) is 12.8. The molecular formula is C19H23ClN2O3S. The van der Waals surface area contributed by atoms with Crippen molar-refractivity contribution in [3.05, 3.63) is 58.6 Å². The van der Waals surface area contributed by atoms with E-state index in [4.69, 9.17) is 11.6 Å². The molecule has 1 amide bonds. The molecule has 0 aliphatic heterocycles. The van der Waals surface area contributed by atoms with Crippen LogP contribution in [-0.2, 0) is 10.0 Å². The van der Waals surface area contributed by atoms with Crippen molar-refractivity contribution in [1.82, 2.24) is 4.31 Å². The third-order valence-corrected chi connectivity index (χ3v) is 6.45. The van der Waals surface area contributed by atoms with Crippen molar-refractivity contribution in [3.63, 3.8) is 0 Å². The SMILES string of the molecule is CC[C@H](C)c1ccc(NC(=O)c2cc(S(=O)(=O)N(C)C)ccc2Cl)cc1. The Morgan fingerprint density at radius 3 is 2.31 bits per heavy atom. The first kappa shape index (κ1) is 20.4. The van der Waals surface area contributed by atoms with Gasteiger partial charge in [-0.15, -0.1) is 0 Å². The van der Waals surface area contributed by atoms with Gasteiger partial charge in [-0.05, 0) is 48.2 Å². The molecule has 0 heterocycles. The quantitative estimate of drug-likeness (QED) is 0.791. The molecule has 0 aliphatic carbocycles. The number of hydrogen-bond donors (Lipinski definition) is 1. The number of halogens is 1. The molecule has 5 nitrogen and oxygen atoms in total. The van der Waals surface area contributed by atoms with E-state index in [1.165, 1.54) is 37.9 Å². The molecule has 0 spiro atoms. The average Bonchev–Trinajstić information content (AvgIpc) is 2.61. The summed E-state index contributed by atoms with van der Waals surface area (Å²) >= 11 is 6.10. The largest absolute Gasteiger partial charge is 0.322 e. The van der Waals surface area contributed by atoms with Crippen molar-refractivity contribution in [3.8, 4) is 0 Å². The second-order valence-electron chi connectivity index (χ2n) is 6.31. The van der Waals surface area contributed by atoms with Gasteiger partial charge in [0.05, 0.1) is 15.5 Å². The zero-order valence-corrected chi connectivity index (χ0v) is 16.9. The van der Waals surface area contributed by atoms with Crippen LogP contribution in [0.2, 0.25) is 5.02 Å². The maximum absolute atomic E-state index is 12.6. The van der Waals surface area contributed by atoms with Gasteiger partial charge in [-0.25, -0.2) is 12.7 Å². The van der Waals surface area contributed by atoms with Gasteiger partial charge in [0.1, 0.15) is 0 Å². The lowest BCUT2D eigenvalue weighted by atomic mass is 9.98. The second-order valence-corrected chi connectivity index (χ2v) is 8.87. The Morgan fingerprint density at radius 1 is 1.15 bits per heavy atom. The summed E-state index contributed by atoms with van der Waals surface area (Å²) < 4.78 is 25.6. The molecular weight excluding hydrogens is 372 g/mol. The van der Waals surface area contributed by atoms with E-state index in [0.717, 1.165) is 10.7 Å². The minimum atomic E-state index is -3.65. The predicted molar refractivity (Wildman–Crippen MR) is 105 cm³/mol. The molecule has 0 unspecified atom stereocenters. The van der Waals surface area contributed by atoms with Gasteiger partial charge in [0, 0.05) is 19.8 Å². The molecule has 2 rings (SSSR count). The topological polar surface area (TPSA) is 66.5 Å². The van der Waals surface area contributed by atoms with Gasteiger partial charge in [0.15, 0.2) is 0 Å². The Hall–Kier alpha value is -1.89. The molecule has 0 fully saturated rings. The highest BCUT2D eigenvalue weighted by Crippen LogP contribution is 2.24. The molecule has 1 N–H and O–H groups in total. The summed E-state index contributed by atoms with van der Waals surface area (Å²) in [6.45, 7) is 4.27. The lowest BCUT2D eigenvalue weighted by Crippen LogP contribution is -2.23. The summed E-state index contributed by atoms with van der Waals surface area (Å²) in [7, 11) is -0.780. The van der Waals surface area contributed by atoms with Crippen LogP contribution < -0.4 is 5.32 Å². The van der Waals surface area contributed by atoms with E-state index in [-0.39, 0.29) is 15.5 Å². The summed E-state index contributed by atoms with van der Waals surface area (Å²) in [6.07, 6.45) is 1.04. The molecule has 140 valence electrons. The summed E-state index contributed by atoms with van der Waals surface area (Å²) in [5.74, 6) is -0.00999. The molecule has 0 aliphatic rings. The van der Waals surface area contributed by atoms with Crippen LogP contribution in [0.5, 0.6) is 0 Å². The highest BCUT2D eigenvalue weighted by molar-refractivity contribution is 7.89. The number of sulfonamides is 1. The van der Waals surface area contributed by atoms with Crippen LogP contribution in [0.15, 0.2) is 47.4 Å². The summed E-state index contributed by atoms with van der Waals surface area (Å²) in [4.78, 5) is 12.6. The number of amides is 1. The van der Waals surface area contributed by atoms with Gasteiger partial charge in [0.25, 0.3) is 5.91 Å². The number of carbonyl (C=O) groups is 1. The third-order valence-electron chi connectivity index (χ3n) is 4.31. The molecule has 0 saturated heterocycles. The zero-order chi connectivity index (χ0) is 19.5. The van der Waals surface area contributed by atoms with Crippen LogP contribution in [0.4, 0.5) is 5.69 Å². The number of benzene rings is 2. The van der Waals surface area contributed by atoms with E-state index in [2.05, 4.69) is 19.2 Å². The van der Waals surface area contributed by atoms with E-state index in [1.807, 2.05) is 24.3 Å². The van der Waals surface area contributed by atoms with Crippen molar-refractivity contribution in [2.75, 3.05) is 19.4 Å². The number of hydrogen-bond acceptors (Lipinski definition) is 3. The molecule has 0 bridgehead atoms. The summed E-state index contributed by atoms with van der Waals surface area (Å²) in [5, 5.41) is 2.95. The number of carbonyl (C=O) groups excluding carboxylic acids is 1. The van der Waals surface area contributed by atoms with Gasteiger partial charge in [0.2, 0.25) is 10.0 Å². The molecule has 1 atom stereocenters. The molecule has 2 aromatic rings. The lowest BCUT2D eigenvalue weighted by molar-refractivity contribution is 0.102. The average molecular weight is 395 g/mol. The van der Waals surface area contributed by atoms with E-state index < -0.39 is 15.9 Å². The lowest BCUT2D eigenvalue weighted by Gasteiger charge is -2.14. The van der Waals surface area contributed by atoms with Crippen LogP contribution in [0.25, 0.3) is 0 Å². The second kappa shape index (κ2) is 8.20. The highest BCUT2D eigenvalue weighted by Gasteiger charge is 2.21. The Bertz CT molecular complexity index is 894. The Morgan fingerprint density at radius 2 is 1.77 bits per heavy atom. The van der Waals surface area contributed by atoms with Gasteiger partial charge in [-0.1, -0.05) is 37.6 Å². The molecule has 0 radical (unpaired) electrons. The predicted octanol–water partition coefficient (Wildman–Crippen LogP) is 4.36. The number of anilines is 1. The van der Waals surface area contributed by atoms with Crippen LogP contribution >= 0.6 is 11.6 Å². The van der Waals surface area contributed by atoms with Gasteiger partial charge < -0.3 is 5.32 Å². The van der Waals surface area contributed by atoms with E-state index >= 15 is 0 Å².